The van der Waals surface area contributed by atoms with Crippen molar-refractivity contribution in [2.24, 2.45) is 0 Å². The van der Waals surface area contributed by atoms with Crippen molar-refractivity contribution in [3.8, 4) is 5.75 Å². The maximum atomic E-state index is 6.07. The highest BCUT2D eigenvalue weighted by Gasteiger charge is 2.11. The van der Waals surface area contributed by atoms with E-state index in [1.54, 1.807) is 0 Å². The molecule has 0 spiro atoms. The predicted octanol–water partition coefficient (Wildman–Crippen LogP) is 5.32. The third kappa shape index (κ3) is 3.87. The predicted molar refractivity (Wildman–Crippen MR) is 110 cm³/mol. The first-order valence-corrected chi connectivity index (χ1v) is 9.39. The zero-order valence-corrected chi connectivity index (χ0v) is 15.9. The Morgan fingerprint density at radius 3 is 2.48 bits per heavy atom. The maximum Gasteiger partial charge on any atom is 0.122 e. The van der Waals surface area contributed by atoms with Gasteiger partial charge in [-0.15, -0.1) is 0 Å². The van der Waals surface area contributed by atoms with Crippen LogP contribution >= 0.6 is 0 Å². The normalized spacial score (nSPS) is 11.0. The average molecular weight is 356 g/mol. The Hall–Kier alpha value is -3.07. The van der Waals surface area contributed by atoms with Crippen LogP contribution in [-0.2, 0) is 13.0 Å². The van der Waals surface area contributed by atoms with Crippen LogP contribution in [0.15, 0.2) is 72.8 Å². The summed E-state index contributed by atoms with van der Waals surface area (Å²) in [4.78, 5) is 4.87. The summed E-state index contributed by atoms with van der Waals surface area (Å²) in [6, 6.07) is 25.1. The monoisotopic (exact) mass is 356 g/mol. The van der Waals surface area contributed by atoms with E-state index in [9.17, 15) is 0 Å². The zero-order chi connectivity index (χ0) is 18.6. The van der Waals surface area contributed by atoms with Gasteiger partial charge in [-0.25, -0.2) is 4.98 Å². The standard InChI is InChI=1S/C24H24N2O/c1-18-12-13-23(19(2)16-18)27-15-14-26-22-11-7-6-10-21(22)25-24(26)17-20-8-4-3-5-9-20/h3-13,16H,14-15,17H2,1-2H3. The van der Waals surface area contributed by atoms with E-state index in [4.69, 9.17) is 9.72 Å². The number of aromatic nitrogens is 2. The Kier molecular flexibility index (Phi) is 4.93. The minimum Gasteiger partial charge on any atom is -0.491 e. The third-order valence-corrected chi connectivity index (χ3v) is 4.84. The largest absolute Gasteiger partial charge is 0.491 e. The third-order valence-electron chi connectivity index (χ3n) is 4.84. The quantitative estimate of drug-likeness (QED) is 0.467. The van der Waals surface area contributed by atoms with Gasteiger partial charge in [0.25, 0.3) is 0 Å². The van der Waals surface area contributed by atoms with Crippen LogP contribution in [0.5, 0.6) is 5.75 Å². The van der Waals surface area contributed by atoms with Crippen LogP contribution in [0.25, 0.3) is 11.0 Å². The van der Waals surface area contributed by atoms with Crippen LogP contribution in [0.4, 0.5) is 0 Å². The molecule has 4 rings (SSSR count). The Labute approximate surface area is 160 Å². The Morgan fingerprint density at radius 1 is 0.889 bits per heavy atom. The zero-order valence-electron chi connectivity index (χ0n) is 15.9. The number of ether oxygens (including phenoxy) is 1. The summed E-state index contributed by atoms with van der Waals surface area (Å²) in [6.07, 6.45) is 0.819. The molecule has 136 valence electrons. The fourth-order valence-electron chi connectivity index (χ4n) is 3.50. The van der Waals surface area contributed by atoms with E-state index in [1.165, 1.54) is 16.7 Å². The van der Waals surface area contributed by atoms with Gasteiger partial charge in [0.15, 0.2) is 0 Å². The van der Waals surface area contributed by atoms with Crippen LogP contribution in [0.3, 0.4) is 0 Å². The fourth-order valence-corrected chi connectivity index (χ4v) is 3.50. The molecule has 0 fully saturated rings. The number of hydrogen-bond acceptors (Lipinski definition) is 2. The summed E-state index contributed by atoms with van der Waals surface area (Å²) in [7, 11) is 0. The van der Waals surface area contributed by atoms with Crippen molar-refractivity contribution in [2.75, 3.05) is 6.61 Å². The summed E-state index contributed by atoms with van der Waals surface area (Å²) in [5.41, 5.74) is 5.90. The molecule has 3 nitrogen and oxygen atoms in total. The van der Waals surface area contributed by atoms with E-state index >= 15 is 0 Å². The molecular formula is C24H24N2O. The van der Waals surface area contributed by atoms with Crippen LogP contribution in [0, 0.1) is 13.8 Å². The first kappa shape index (κ1) is 17.3. The molecule has 4 aromatic rings. The van der Waals surface area contributed by atoms with Gasteiger partial charge in [0.05, 0.1) is 17.6 Å². The molecule has 0 aliphatic rings. The summed E-state index contributed by atoms with van der Waals surface area (Å²) in [5.74, 6) is 2.03. The van der Waals surface area contributed by atoms with Gasteiger partial charge < -0.3 is 9.30 Å². The second kappa shape index (κ2) is 7.67. The van der Waals surface area contributed by atoms with E-state index in [0.717, 1.165) is 35.6 Å². The van der Waals surface area contributed by atoms with Crippen molar-refractivity contribution in [1.82, 2.24) is 9.55 Å². The van der Waals surface area contributed by atoms with E-state index in [0.29, 0.717) is 6.61 Å². The van der Waals surface area contributed by atoms with Crippen molar-refractivity contribution < 1.29 is 4.74 Å². The lowest BCUT2D eigenvalue weighted by molar-refractivity contribution is 0.296. The molecule has 0 unspecified atom stereocenters. The molecule has 0 aliphatic carbocycles. The Morgan fingerprint density at radius 2 is 1.67 bits per heavy atom. The molecule has 1 aromatic heterocycles. The van der Waals surface area contributed by atoms with Crippen LogP contribution in [0.1, 0.15) is 22.5 Å². The molecular weight excluding hydrogens is 332 g/mol. The number of fused-ring (bicyclic) bond motifs is 1. The lowest BCUT2D eigenvalue weighted by atomic mass is 10.1. The maximum absolute atomic E-state index is 6.07. The summed E-state index contributed by atoms with van der Waals surface area (Å²) in [5, 5.41) is 0. The summed E-state index contributed by atoms with van der Waals surface area (Å²) < 4.78 is 8.35. The highest BCUT2D eigenvalue weighted by Crippen LogP contribution is 2.21. The van der Waals surface area contributed by atoms with E-state index in [-0.39, 0.29) is 0 Å². The molecule has 0 bridgehead atoms. The van der Waals surface area contributed by atoms with Crippen molar-refractivity contribution in [3.63, 3.8) is 0 Å². The number of hydrogen-bond donors (Lipinski definition) is 0. The Bertz CT molecular complexity index is 1050. The highest BCUT2D eigenvalue weighted by atomic mass is 16.5. The van der Waals surface area contributed by atoms with Gasteiger partial charge in [-0.1, -0.05) is 60.2 Å². The summed E-state index contributed by atoms with van der Waals surface area (Å²) >= 11 is 0. The SMILES string of the molecule is Cc1ccc(OCCn2c(Cc3ccccc3)nc3ccccc32)c(C)c1. The first-order valence-electron chi connectivity index (χ1n) is 9.39. The fraction of sp³-hybridized carbons (Fsp3) is 0.208. The molecule has 0 saturated carbocycles. The number of benzene rings is 3. The Balaban J connectivity index is 1.57. The smallest absolute Gasteiger partial charge is 0.122 e. The molecule has 27 heavy (non-hydrogen) atoms. The van der Waals surface area contributed by atoms with Gasteiger partial charge in [0, 0.05) is 6.42 Å². The minimum atomic E-state index is 0.617. The van der Waals surface area contributed by atoms with Crippen molar-refractivity contribution in [2.45, 2.75) is 26.8 Å². The van der Waals surface area contributed by atoms with Gasteiger partial charge in [-0.3, -0.25) is 0 Å². The van der Waals surface area contributed by atoms with Crippen LogP contribution in [-0.4, -0.2) is 16.2 Å². The molecule has 0 amide bonds. The van der Waals surface area contributed by atoms with Gasteiger partial charge in [-0.05, 0) is 43.2 Å². The van der Waals surface area contributed by atoms with Gasteiger partial charge in [-0.2, -0.15) is 0 Å². The topological polar surface area (TPSA) is 27.1 Å². The van der Waals surface area contributed by atoms with Crippen molar-refractivity contribution in [3.05, 3.63) is 95.3 Å². The van der Waals surface area contributed by atoms with Crippen LogP contribution in [0.2, 0.25) is 0 Å². The van der Waals surface area contributed by atoms with Gasteiger partial charge >= 0.3 is 0 Å². The number of para-hydroxylation sites is 2. The molecule has 0 saturated heterocycles. The van der Waals surface area contributed by atoms with Crippen LogP contribution < -0.4 is 4.74 Å². The number of aryl methyl sites for hydroxylation is 2. The lowest BCUT2D eigenvalue weighted by Gasteiger charge is -2.13. The molecule has 0 radical (unpaired) electrons. The first-order chi connectivity index (χ1) is 13.2. The average Bonchev–Trinajstić information content (AvgIpc) is 3.01. The summed E-state index contributed by atoms with van der Waals surface area (Å²) in [6.45, 7) is 5.59. The lowest BCUT2D eigenvalue weighted by Crippen LogP contribution is -2.12. The van der Waals surface area contributed by atoms with Crippen molar-refractivity contribution >= 4 is 11.0 Å². The molecule has 0 aliphatic heterocycles. The van der Waals surface area contributed by atoms with E-state index in [1.807, 2.05) is 12.1 Å². The van der Waals surface area contributed by atoms with E-state index in [2.05, 4.69) is 79.1 Å². The molecule has 0 N–H and O–H groups in total. The minimum absolute atomic E-state index is 0.617. The number of imidazole rings is 1. The second-order valence-electron chi connectivity index (χ2n) is 6.95. The molecule has 3 aromatic carbocycles. The highest BCUT2D eigenvalue weighted by molar-refractivity contribution is 5.76. The molecule has 0 atom stereocenters. The van der Waals surface area contributed by atoms with E-state index < -0.39 is 0 Å². The number of rotatable bonds is 6. The van der Waals surface area contributed by atoms with Gasteiger partial charge in [0.1, 0.15) is 18.2 Å². The second-order valence-corrected chi connectivity index (χ2v) is 6.95. The molecule has 3 heteroatoms. The number of nitrogens with zero attached hydrogens (tertiary/aromatic N) is 2. The van der Waals surface area contributed by atoms with Crippen molar-refractivity contribution in [1.29, 1.82) is 0 Å². The molecule has 1 heterocycles. The van der Waals surface area contributed by atoms with Gasteiger partial charge in [0.2, 0.25) is 0 Å².